The zero-order valence-electron chi connectivity index (χ0n) is 7.04. The van der Waals surface area contributed by atoms with Crippen LogP contribution in [0.4, 0.5) is 17.3 Å². The Kier molecular flexibility index (Phi) is 1.53. The number of nitrogen functional groups attached to an aromatic ring is 1. The van der Waals surface area contributed by atoms with Crippen molar-refractivity contribution in [3.8, 4) is 0 Å². The molecule has 0 fully saturated rings. The number of likely N-dealkylation sites (N-methyl/N-ethyl adjacent to an activating group) is 1. The normalized spacial score (nSPS) is 15.2. The van der Waals surface area contributed by atoms with Crippen molar-refractivity contribution in [1.29, 1.82) is 0 Å². The topological polar surface area (TPSA) is 54.2 Å². The van der Waals surface area contributed by atoms with Crippen molar-refractivity contribution in [2.75, 3.05) is 36.1 Å². The number of anilines is 3. The minimum absolute atomic E-state index is 0.566. The van der Waals surface area contributed by atoms with Crippen molar-refractivity contribution in [1.82, 2.24) is 4.98 Å². The van der Waals surface area contributed by atoms with Crippen LogP contribution in [0, 0.1) is 0 Å². The highest BCUT2D eigenvalue weighted by Crippen LogP contribution is 2.26. The Bertz CT molecular complexity index is 297. The fourth-order valence-corrected chi connectivity index (χ4v) is 1.37. The zero-order valence-corrected chi connectivity index (χ0v) is 7.04. The molecule has 2 rings (SSSR count). The van der Waals surface area contributed by atoms with E-state index in [9.17, 15) is 0 Å². The summed E-state index contributed by atoms with van der Waals surface area (Å²) in [7, 11) is 2.05. The summed E-state index contributed by atoms with van der Waals surface area (Å²) in [5, 5.41) is 3.20. The van der Waals surface area contributed by atoms with Gasteiger partial charge in [0.05, 0.1) is 5.69 Å². The number of nitrogens with two attached hydrogens (primary N) is 1. The second kappa shape index (κ2) is 2.55. The molecule has 0 amide bonds. The molecular weight excluding hydrogens is 152 g/mol. The molecule has 0 radical (unpaired) electrons. The third kappa shape index (κ3) is 1.05. The maximum atomic E-state index is 5.56. The number of pyridine rings is 1. The molecule has 0 atom stereocenters. The van der Waals surface area contributed by atoms with Crippen LogP contribution >= 0.6 is 0 Å². The predicted molar refractivity (Wildman–Crippen MR) is 50.4 cm³/mol. The average molecular weight is 164 g/mol. The van der Waals surface area contributed by atoms with Crippen LogP contribution in [-0.2, 0) is 0 Å². The van der Waals surface area contributed by atoms with Crippen LogP contribution in [0.2, 0.25) is 0 Å². The summed E-state index contributed by atoms with van der Waals surface area (Å²) in [6.07, 6.45) is 0. The van der Waals surface area contributed by atoms with Crippen molar-refractivity contribution < 1.29 is 0 Å². The number of rotatable bonds is 0. The maximum Gasteiger partial charge on any atom is 0.152 e. The van der Waals surface area contributed by atoms with Crippen LogP contribution in [0.5, 0.6) is 0 Å². The van der Waals surface area contributed by atoms with E-state index in [2.05, 4.69) is 22.2 Å². The lowest BCUT2D eigenvalue weighted by Gasteiger charge is -2.27. The third-order valence-corrected chi connectivity index (χ3v) is 2.05. The fourth-order valence-electron chi connectivity index (χ4n) is 1.37. The van der Waals surface area contributed by atoms with Gasteiger partial charge in [0.25, 0.3) is 0 Å². The highest BCUT2D eigenvalue weighted by molar-refractivity contribution is 5.69. The molecular formula is C8H12N4. The van der Waals surface area contributed by atoms with E-state index in [1.165, 1.54) is 0 Å². The largest absolute Gasteiger partial charge is 0.384 e. The van der Waals surface area contributed by atoms with E-state index in [0.29, 0.717) is 5.82 Å². The van der Waals surface area contributed by atoms with Crippen molar-refractivity contribution in [3.05, 3.63) is 12.1 Å². The molecule has 4 nitrogen and oxygen atoms in total. The average Bonchev–Trinajstić information content (AvgIpc) is 2.04. The zero-order chi connectivity index (χ0) is 8.55. The van der Waals surface area contributed by atoms with Gasteiger partial charge in [0, 0.05) is 20.1 Å². The minimum Gasteiger partial charge on any atom is -0.384 e. The molecule has 0 aromatic carbocycles. The van der Waals surface area contributed by atoms with Gasteiger partial charge in [0.2, 0.25) is 0 Å². The second-order valence-electron chi connectivity index (χ2n) is 2.95. The summed E-state index contributed by atoms with van der Waals surface area (Å²) in [5.74, 6) is 1.46. The van der Waals surface area contributed by atoms with Gasteiger partial charge in [-0.15, -0.1) is 0 Å². The van der Waals surface area contributed by atoms with Gasteiger partial charge in [-0.2, -0.15) is 0 Å². The predicted octanol–water partition coefficient (Wildman–Crippen LogP) is 0.525. The van der Waals surface area contributed by atoms with Gasteiger partial charge in [-0.25, -0.2) is 4.98 Å². The van der Waals surface area contributed by atoms with Gasteiger partial charge in [-0.1, -0.05) is 0 Å². The van der Waals surface area contributed by atoms with Crippen molar-refractivity contribution in [3.63, 3.8) is 0 Å². The summed E-state index contributed by atoms with van der Waals surface area (Å²) < 4.78 is 0. The van der Waals surface area contributed by atoms with Crippen LogP contribution < -0.4 is 16.0 Å². The molecule has 1 aromatic heterocycles. The van der Waals surface area contributed by atoms with Gasteiger partial charge >= 0.3 is 0 Å². The van der Waals surface area contributed by atoms with Crippen LogP contribution in [0.1, 0.15) is 0 Å². The van der Waals surface area contributed by atoms with E-state index in [0.717, 1.165) is 24.6 Å². The van der Waals surface area contributed by atoms with Crippen LogP contribution in [0.25, 0.3) is 0 Å². The van der Waals surface area contributed by atoms with Crippen LogP contribution in [0.3, 0.4) is 0 Å². The Morgan fingerprint density at radius 1 is 1.58 bits per heavy atom. The quantitative estimate of drug-likeness (QED) is 0.587. The number of fused-ring (bicyclic) bond motifs is 1. The molecule has 1 aliphatic rings. The van der Waals surface area contributed by atoms with E-state index < -0.39 is 0 Å². The first-order valence-electron chi connectivity index (χ1n) is 3.99. The van der Waals surface area contributed by atoms with E-state index in [4.69, 9.17) is 5.73 Å². The minimum atomic E-state index is 0.566. The number of nitrogens with zero attached hydrogens (tertiary/aromatic N) is 2. The summed E-state index contributed by atoms with van der Waals surface area (Å²) in [6, 6.07) is 3.81. The molecule has 64 valence electrons. The molecule has 0 unspecified atom stereocenters. The van der Waals surface area contributed by atoms with Gasteiger partial charge in [-0.05, 0) is 12.1 Å². The molecule has 1 aromatic rings. The molecule has 0 bridgehead atoms. The summed E-state index contributed by atoms with van der Waals surface area (Å²) in [4.78, 5) is 6.35. The van der Waals surface area contributed by atoms with Crippen molar-refractivity contribution in [2.45, 2.75) is 0 Å². The smallest absolute Gasteiger partial charge is 0.152 e. The number of aromatic nitrogens is 1. The Balaban J connectivity index is 2.46. The molecule has 0 aliphatic carbocycles. The number of nitrogens with one attached hydrogen (secondary N) is 1. The summed E-state index contributed by atoms with van der Waals surface area (Å²) >= 11 is 0. The monoisotopic (exact) mass is 164 g/mol. The lowest BCUT2D eigenvalue weighted by atomic mass is 10.3. The highest BCUT2D eigenvalue weighted by Gasteiger charge is 2.13. The van der Waals surface area contributed by atoms with E-state index >= 15 is 0 Å². The molecule has 3 N–H and O–H groups in total. The van der Waals surface area contributed by atoms with Crippen molar-refractivity contribution >= 4 is 17.3 Å². The second-order valence-corrected chi connectivity index (χ2v) is 2.95. The Labute approximate surface area is 71.4 Å². The van der Waals surface area contributed by atoms with Crippen molar-refractivity contribution in [2.24, 2.45) is 0 Å². The lowest BCUT2D eigenvalue weighted by molar-refractivity contribution is 0.875. The van der Waals surface area contributed by atoms with Crippen LogP contribution in [0.15, 0.2) is 12.1 Å². The Morgan fingerprint density at radius 2 is 2.42 bits per heavy atom. The molecule has 4 heteroatoms. The SMILES string of the molecule is CN1CCNc2nc(N)ccc21. The van der Waals surface area contributed by atoms with Gasteiger partial charge in [0.15, 0.2) is 5.82 Å². The maximum absolute atomic E-state index is 5.56. The summed E-state index contributed by atoms with van der Waals surface area (Å²) in [6.45, 7) is 1.94. The number of hydrogen-bond donors (Lipinski definition) is 2. The van der Waals surface area contributed by atoms with E-state index in [-0.39, 0.29) is 0 Å². The lowest BCUT2D eigenvalue weighted by Crippen LogP contribution is -2.30. The third-order valence-electron chi connectivity index (χ3n) is 2.05. The first-order valence-corrected chi connectivity index (χ1v) is 3.99. The van der Waals surface area contributed by atoms with Gasteiger partial charge in [0.1, 0.15) is 5.82 Å². The Hall–Kier alpha value is -1.45. The van der Waals surface area contributed by atoms with Gasteiger partial charge < -0.3 is 16.0 Å². The standard InChI is InChI=1S/C8H12N4/c1-12-5-4-10-8-6(12)2-3-7(9)11-8/h2-3H,4-5H2,1H3,(H3,9,10,11). The molecule has 0 spiro atoms. The molecule has 0 saturated heterocycles. The van der Waals surface area contributed by atoms with Gasteiger partial charge in [-0.3, -0.25) is 0 Å². The Morgan fingerprint density at radius 3 is 3.25 bits per heavy atom. The highest BCUT2D eigenvalue weighted by atomic mass is 15.2. The van der Waals surface area contributed by atoms with E-state index in [1.54, 1.807) is 0 Å². The molecule has 0 saturated carbocycles. The molecule has 2 heterocycles. The van der Waals surface area contributed by atoms with Crippen LogP contribution in [-0.4, -0.2) is 25.1 Å². The fraction of sp³-hybridized carbons (Fsp3) is 0.375. The van der Waals surface area contributed by atoms with E-state index in [1.807, 2.05) is 12.1 Å². The summed E-state index contributed by atoms with van der Waals surface area (Å²) in [5.41, 5.74) is 6.68. The number of hydrogen-bond acceptors (Lipinski definition) is 4. The molecule has 12 heavy (non-hydrogen) atoms. The first kappa shape index (κ1) is 7.21. The molecule has 1 aliphatic heterocycles. The first-order chi connectivity index (χ1) is 5.77.